The minimum Gasteiger partial charge on any atom is -0.480 e. The molecule has 0 rings (SSSR count). The molecule has 0 bridgehead atoms. The molecule has 0 aromatic carbocycles. The molecule has 1 atom stereocenters. The summed E-state index contributed by atoms with van der Waals surface area (Å²) in [5.41, 5.74) is 0. The van der Waals surface area contributed by atoms with Crippen molar-refractivity contribution < 1.29 is 9.90 Å². The van der Waals surface area contributed by atoms with E-state index in [1.807, 2.05) is 13.2 Å². The lowest BCUT2D eigenvalue weighted by Crippen LogP contribution is -2.14. The van der Waals surface area contributed by atoms with Gasteiger partial charge in [0.05, 0.1) is 0 Å². The summed E-state index contributed by atoms with van der Waals surface area (Å²) in [5, 5.41) is 8.38. The van der Waals surface area contributed by atoms with Crippen molar-refractivity contribution in [2.45, 2.75) is 25.0 Å². The van der Waals surface area contributed by atoms with E-state index in [1.54, 1.807) is 0 Å². The van der Waals surface area contributed by atoms with Crippen molar-refractivity contribution >= 4 is 27.6 Å². The third kappa shape index (κ3) is 4.06. The Morgan fingerprint density at radius 1 is 1.70 bits per heavy atom. The van der Waals surface area contributed by atoms with Crippen molar-refractivity contribution in [3.8, 4) is 0 Å². The van der Waals surface area contributed by atoms with Crippen molar-refractivity contribution in [1.29, 1.82) is 0 Å². The lowest BCUT2D eigenvalue weighted by atomic mass is 10.2. The molecule has 0 aromatic rings. The minimum atomic E-state index is -0.693. The first-order chi connectivity index (χ1) is 4.72. The molecular weight excluding hydrogens is 168 g/mol. The van der Waals surface area contributed by atoms with Crippen LogP contribution in [0.3, 0.4) is 0 Å². The smallest absolute Gasteiger partial charge is 0.317 e. The van der Waals surface area contributed by atoms with Gasteiger partial charge in [0.15, 0.2) is 0 Å². The third-order valence-electron chi connectivity index (χ3n) is 1.04. The van der Waals surface area contributed by atoms with Gasteiger partial charge in [0.25, 0.3) is 0 Å². The number of carboxylic acids is 1. The Morgan fingerprint density at radius 3 is 2.60 bits per heavy atom. The maximum Gasteiger partial charge on any atom is 0.317 e. The molecule has 0 aliphatic heterocycles. The van der Waals surface area contributed by atoms with Gasteiger partial charge in [-0.2, -0.15) is 0 Å². The van der Waals surface area contributed by atoms with Gasteiger partial charge in [-0.05, 0) is 12.7 Å². The molecule has 0 aliphatic carbocycles. The molecule has 0 spiro atoms. The molecule has 0 aliphatic rings. The molecule has 2 nitrogen and oxygen atoms in total. The predicted molar refractivity (Wildman–Crippen MR) is 47.4 cm³/mol. The van der Waals surface area contributed by atoms with Crippen LogP contribution in [0.4, 0.5) is 0 Å². The second-order valence-electron chi connectivity index (χ2n) is 1.88. The zero-order valence-electron chi connectivity index (χ0n) is 6.16. The van der Waals surface area contributed by atoms with E-state index in [1.165, 1.54) is 21.6 Å². The number of carboxylic acid groups (broad SMARTS) is 1. The lowest BCUT2D eigenvalue weighted by molar-refractivity contribution is -0.136. The summed E-state index contributed by atoms with van der Waals surface area (Å²) in [6.45, 7) is 2.00. The van der Waals surface area contributed by atoms with Crippen LogP contribution >= 0.6 is 21.6 Å². The second kappa shape index (κ2) is 5.92. The summed E-state index contributed by atoms with van der Waals surface area (Å²) in [6.07, 6.45) is 3.60. The number of aliphatic carboxylic acids is 1. The van der Waals surface area contributed by atoms with Crippen molar-refractivity contribution in [3.05, 3.63) is 0 Å². The molecule has 0 saturated heterocycles. The van der Waals surface area contributed by atoms with Crippen LogP contribution in [0.25, 0.3) is 0 Å². The Labute approximate surface area is 69.2 Å². The van der Waals surface area contributed by atoms with Crippen LogP contribution in [0.5, 0.6) is 0 Å². The van der Waals surface area contributed by atoms with E-state index < -0.39 is 5.97 Å². The molecule has 4 heteroatoms. The van der Waals surface area contributed by atoms with E-state index in [4.69, 9.17) is 5.11 Å². The van der Waals surface area contributed by atoms with Gasteiger partial charge < -0.3 is 5.11 Å². The van der Waals surface area contributed by atoms with Gasteiger partial charge in [0.2, 0.25) is 0 Å². The number of hydrogen-bond acceptors (Lipinski definition) is 3. The molecule has 0 aromatic heterocycles. The molecular formula is C6H12O2S2. The summed E-state index contributed by atoms with van der Waals surface area (Å²) in [5.74, 6) is -0.693. The van der Waals surface area contributed by atoms with Gasteiger partial charge in [-0.1, -0.05) is 34.9 Å². The largest absolute Gasteiger partial charge is 0.480 e. The van der Waals surface area contributed by atoms with Gasteiger partial charge >= 0.3 is 5.97 Å². The molecule has 60 valence electrons. The first-order valence-corrected chi connectivity index (χ1v) is 5.76. The Balaban J connectivity index is 3.61. The first kappa shape index (κ1) is 10.2. The molecule has 0 saturated carbocycles. The van der Waals surface area contributed by atoms with E-state index in [0.29, 0.717) is 0 Å². The van der Waals surface area contributed by atoms with Gasteiger partial charge in [-0.15, -0.1) is 0 Å². The minimum absolute atomic E-state index is 0.222. The van der Waals surface area contributed by atoms with E-state index >= 15 is 0 Å². The van der Waals surface area contributed by atoms with Crippen LogP contribution in [0, 0.1) is 0 Å². The fourth-order valence-corrected chi connectivity index (χ4v) is 2.47. The highest BCUT2D eigenvalue weighted by Crippen LogP contribution is 2.26. The van der Waals surface area contributed by atoms with Gasteiger partial charge in [-0.25, -0.2) is 0 Å². The highest BCUT2D eigenvalue weighted by atomic mass is 33.1. The molecule has 0 radical (unpaired) electrons. The van der Waals surface area contributed by atoms with Crippen LogP contribution in [0.1, 0.15) is 19.8 Å². The highest BCUT2D eigenvalue weighted by Gasteiger charge is 2.15. The molecule has 0 fully saturated rings. The van der Waals surface area contributed by atoms with Crippen molar-refractivity contribution in [2.75, 3.05) is 6.26 Å². The monoisotopic (exact) mass is 180 g/mol. The van der Waals surface area contributed by atoms with E-state index in [9.17, 15) is 4.79 Å². The van der Waals surface area contributed by atoms with Gasteiger partial charge in [-0.3, -0.25) is 4.79 Å². The Hall–Kier alpha value is 0.170. The standard InChI is InChI=1S/C6H12O2S2/c1-3-4-5(6(7)8)10-9-2/h5H,3-4H2,1-2H3,(H,7,8). The van der Waals surface area contributed by atoms with Crippen molar-refractivity contribution in [1.82, 2.24) is 0 Å². The third-order valence-corrected chi connectivity index (χ3v) is 3.18. The topological polar surface area (TPSA) is 37.3 Å². The molecule has 10 heavy (non-hydrogen) atoms. The van der Waals surface area contributed by atoms with Crippen LogP contribution in [-0.2, 0) is 4.79 Å². The average molecular weight is 180 g/mol. The predicted octanol–water partition coefficient (Wildman–Crippen LogP) is 2.25. The van der Waals surface area contributed by atoms with E-state index in [-0.39, 0.29) is 5.25 Å². The molecule has 0 amide bonds. The fourth-order valence-electron chi connectivity index (χ4n) is 0.591. The Bertz CT molecular complexity index is 99.9. The Morgan fingerprint density at radius 2 is 2.30 bits per heavy atom. The zero-order valence-corrected chi connectivity index (χ0v) is 7.80. The van der Waals surface area contributed by atoms with Crippen LogP contribution in [0.15, 0.2) is 0 Å². The summed E-state index contributed by atoms with van der Waals surface area (Å²) in [4.78, 5) is 10.4. The fraction of sp³-hybridized carbons (Fsp3) is 0.833. The van der Waals surface area contributed by atoms with Crippen molar-refractivity contribution in [3.63, 3.8) is 0 Å². The van der Waals surface area contributed by atoms with Gasteiger partial charge in [0.1, 0.15) is 5.25 Å². The maximum absolute atomic E-state index is 10.4. The number of hydrogen-bond donors (Lipinski definition) is 1. The summed E-state index contributed by atoms with van der Waals surface area (Å²) in [6, 6.07) is 0. The normalized spacial score (nSPS) is 13.0. The lowest BCUT2D eigenvalue weighted by Gasteiger charge is -2.06. The Kier molecular flexibility index (Phi) is 6.02. The summed E-state index contributed by atoms with van der Waals surface area (Å²) < 4.78 is 0. The van der Waals surface area contributed by atoms with E-state index in [2.05, 4.69) is 0 Å². The number of carbonyl (C=O) groups is 1. The first-order valence-electron chi connectivity index (χ1n) is 3.14. The van der Waals surface area contributed by atoms with Crippen molar-refractivity contribution in [2.24, 2.45) is 0 Å². The SMILES string of the molecule is CCCC(SSC)C(=O)O. The van der Waals surface area contributed by atoms with E-state index in [0.717, 1.165) is 12.8 Å². The van der Waals surface area contributed by atoms with Crippen LogP contribution in [-0.4, -0.2) is 22.6 Å². The summed E-state index contributed by atoms with van der Waals surface area (Å²) in [7, 11) is 2.94. The average Bonchev–Trinajstić information content (AvgIpc) is 1.87. The summed E-state index contributed by atoms with van der Waals surface area (Å²) >= 11 is 0. The quantitative estimate of drug-likeness (QED) is 0.658. The molecule has 1 N–H and O–H groups in total. The molecule has 1 unspecified atom stereocenters. The maximum atomic E-state index is 10.4. The second-order valence-corrected chi connectivity index (χ2v) is 4.55. The van der Waals surface area contributed by atoms with Gasteiger partial charge in [0, 0.05) is 0 Å². The van der Waals surface area contributed by atoms with Crippen LogP contribution < -0.4 is 0 Å². The molecule has 0 heterocycles. The number of rotatable bonds is 5. The highest BCUT2D eigenvalue weighted by molar-refractivity contribution is 8.76. The van der Waals surface area contributed by atoms with Crippen LogP contribution in [0.2, 0.25) is 0 Å². The zero-order chi connectivity index (χ0) is 7.98.